The highest BCUT2D eigenvalue weighted by molar-refractivity contribution is 6.02. The van der Waals surface area contributed by atoms with E-state index in [4.69, 9.17) is 0 Å². The number of H-pyrrole nitrogens is 1. The van der Waals surface area contributed by atoms with Gasteiger partial charge in [-0.1, -0.05) is 6.92 Å². The predicted octanol–water partition coefficient (Wildman–Crippen LogP) is 3.74. The molecule has 0 saturated heterocycles. The van der Waals surface area contributed by atoms with Gasteiger partial charge in [-0.15, -0.1) is 0 Å². The van der Waals surface area contributed by atoms with Gasteiger partial charge >= 0.3 is 0 Å². The van der Waals surface area contributed by atoms with E-state index in [0.29, 0.717) is 35.4 Å². The fourth-order valence-corrected chi connectivity index (χ4v) is 3.46. The summed E-state index contributed by atoms with van der Waals surface area (Å²) in [7, 11) is 1.89. The number of fused-ring (bicyclic) bond motifs is 2. The number of nitrogens with zero attached hydrogens (tertiary/aromatic N) is 5. The minimum atomic E-state index is -0.215. The summed E-state index contributed by atoms with van der Waals surface area (Å²) in [4.78, 5) is 6.31. The molecule has 1 N–H and O–H groups in total. The van der Waals surface area contributed by atoms with Crippen LogP contribution >= 0.6 is 0 Å². The van der Waals surface area contributed by atoms with Crippen molar-refractivity contribution in [3.63, 3.8) is 0 Å². The van der Waals surface area contributed by atoms with Gasteiger partial charge in [-0.3, -0.25) is 5.10 Å². The fourth-order valence-electron chi connectivity index (χ4n) is 3.46. The first kappa shape index (κ1) is 16.5. The molecule has 0 saturated carbocycles. The molecule has 4 aromatic rings. The number of anilines is 1. The van der Waals surface area contributed by atoms with Crippen molar-refractivity contribution < 1.29 is 4.39 Å². The van der Waals surface area contributed by atoms with Gasteiger partial charge in [0, 0.05) is 24.5 Å². The lowest BCUT2D eigenvalue weighted by Crippen LogP contribution is -2.19. The predicted molar refractivity (Wildman–Crippen MR) is 101 cm³/mol. The molecule has 0 aliphatic heterocycles. The summed E-state index contributed by atoms with van der Waals surface area (Å²) in [6, 6.07) is 3.80. The second kappa shape index (κ2) is 6.09. The molecule has 26 heavy (non-hydrogen) atoms. The number of aryl methyl sites for hydroxylation is 1. The Morgan fingerprint density at radius 1 is 1.27 bits per heavy atom. The SMILES string of the molecule is CCc1c(F)c(N(C)CC)c2[nH]ncc2c1-c1ccc2nc(C)cn2n1. The van der Waals surface area contributed by atoms with E-state index in [1.165, 1.54) is 0 Å². The second-order valence-electron chi connectivity index (χ2n) is 6.45. The zero-order valence-corrected chi connectivity index (χ0v) is 15.3. The van der Waals surface area contributed by atoms with E-state index >= 15 is 4.39 Å². The summed E-state index contributed by atoms with van der Waals surface area (Å²) in [5.41, 5.74) is 5.07. The minimum absolute atomic E-state index is 0.215. The molecule has 0 spiro atoms. The maximum atomic E-state index is 15.4. The van der Waals surface area contributed by atoms with Crippen molar-refractivity contribution >= 4 is 22.2 Å². The Morgan fingerprint density at radius 3 is 2.81 bits per heavy atom. The molecule has 0 amide bonds. The highest BCUT2D eigenvalue weighted by Crippen LogP contribution is 2.39. The van der Waals surface area contributed by atoms with Crippen molar-refractivity contribution in [2.45, 2.75) is 27.2 Å². The molecule has 7 heteroatoms. The molecule has 6 nitrogen and oxygen atoms in total. The third-order valence-electron chi connectivity index (χ3n) is 4.83. The van der Waals surface area contributed by atoms with E-state index in [1.54, 1.807) is 10.7 Å². The van der Waals surface area contributed by atoms with E-state index in [1.807, 2.05) is 51.0 Å². The van der Waals surface area contributed by atoms with E-state index in [0.717, 1.165) is 22.3 Å². The van der Waals surface area contributed by atoms with E-state index in [2.05, 4.69) is 20.3 Å². The third kappa shape index (κ3) is 2.34. The van der Waals surface area contributed by atoms with Crippen molar-refractivity contribution in [2.75, 3.05) is 18.5 Å². The number of imidazole rings is 1. The summed E-state index contributed by atoms with van der Waals surface area (Å²) in [5, 5.41) is 12.7. The van der Waals surface area contributed by atoms with Gasteiger partial charge in [0.15, 0.2) is 11.5 Å². The fraction of sp³-hybridized carbons (Fsp3) is 0.316. The van der Waals surface area contributed by atoms with Gasteiger partial charge in [-0.25, -0.2) is 13.9 Å². The van der Waals surface area contributed by atoms with Crippen LogP contribution in [0, 0.1) is 12.7 Å². The average Bonchev–Trinajstić information content (AvgIpc) is 3.24. The largest absolute Gasteiger partial charge is 0.371 e. The summed E-state index contributed by atoms with van der Waals surface area (Å²) < 4.78 is 17.2. The van der Waals surface area contributed by atoms with Gasteiger partial charge in [-0.2, -0.15) is 10.2 Å². The van der Waals surface area contributed by atoms with Crippen molar-refractivity contribution in [3.05, 3.63) is 41.6 Å². The van der Waals surface area contributed by atoms with Crippen LogP contribution in [-0.2, 0) is 6.42 Å². The van der Waals surface area contributed by atoms with Gasteiger partial charge < -0.3 is 4.90 Å². The Bertz CT molecular complexity index is 1110. The number of rotatable bonds is 4. The highest BCUT2D eigenvalue weighted by Gasteiger charge is 2.23. The van der Waals surface area contributed by atoms with Crippen LogP contribution in [0.15, 0.2) is 24.5 Å². The maximum Gasteiger partial charge on any atom is 0.153 e. The lowest BCUT2D eigenvalue weighted by Gasteiger charge is -2.22. The monoisotopic (exact) mass is 352 g/mol. The van der Waals surface area contributed by atoms with Crippen molar-refractivity contribution in [3.8, 4) is 11.3 Å². The molecule has 0 unspecified atom stereocenters. The van der Waals surface area contributed by atoms with Crippen LogP contribution in [0.1, 0.15) is 25.1 Å². The van der Waals surface area contributed by atoms with Gasteiger partial charge in [0.25, 0.3) is 0 Å². The number of hydrogen-bond donors (Lipinski definition) is 1. The minimum Gasteiger partial charge on any atom is -0.371 e. The molecule has 0 atom stereocenters. The molecule has 0 aliphatic rings. The molecular formula is C19H21FN6. The molecule has 1 aromatic carbocycles. The summed E-state index contributed by atoms with van der Waals surface area (Å²) in [5.74, 6) is -0.215. The van der Waals surface area contributed by atoms with Gasteiger partial charge in [-0.05, 0) is 38.0 Å². The first-order chi connectivity index (χ1) is 12.5. The van der Waals surface area contributed by atoms with Crippen LogP contribution in [0.2, 0.25) is 0 Å². The molecule has 0 bridgehead atoms. The zero-order valence-electron chi connectivity index (χ0n) is 15.3. The van der Waals surface area contributed by atoms with E-state index < -0.39 is 0 Å². The summed E-state index contributed by atoms with van der Waals surface area (Å²) in [6.45, 7) is 6.59. The van der Waals surface area contributed by atoms with E-state index in [-0.39, 0.29) is 5.82 Å². The van der Waals surface area contributed by atoms with Gasteiger partial charge in [0.2, 0.25) is 0 Å². The van der Waals surface area contributed by atoms with Gasteiger partial charge in [0.05, 0.1) is 35.0 Å². The van der Waals surface area contributed by atoms with E-state index in [9.17, 15) is 0 Å². The maximum absolute atomic E-state index is 15.4. The molecule has 0 fully saturated rings. The number of aromatic amines is 1. The summed E-state index contributed by atoms with van der Waals surface area (Å²) in [6.07, 6.45) is 4.18. The molecule has 4 rings (SSSR count). The third-order valence-corrected chi connectivity index (χ3v) is 4.83. The molecule has 3 aromatic heterocycles. The van der Waals surface area contributed by atoms with Crippen LogP contribution in [-0.4, -0.2) is 38.4 Å². The van der Waals surface area contributed by atoms with Crippen LogP contribution in [0.4, 0.5) is 10.1 Å². The summed E-state index contributed by atoms with van der Waals surface area (Å²) >= 11 is 0. The van der Waals surface area contributed by atoms with Crippen LogP contribution in [0.3, 0.4) is 0 Å². The Morgan fingerprint density at radius 2 is 2.08 bits per heavy atom. The van der Waals surface area contributed by atoms with Crippen molar-refractivity contribution in [1.29, 1.82) is 0 Å². The number of halogens is 1. The zero-order chi connectivity index (χ0) is 18.4. The van der Waals surface area contributed by atoms with Crippen molar-refractivity contribution in [1.82, 2.24) is 24.8 Å². The van der Waals surface area contributed by atoms with Crippen LogP contribution in [0.5, 0.6) is 0 Å². The molecule has 0 radical (unpaired) electrons. The number of nitrogens with one attached hydrogen (secondary N) is 1. The highest BCUT2D eigenvalue weighted by atomic mass is 19.1. The smallest absolute Gasteiger partial charge is 0.153 e. The molecule has 0 aliphatic carbocycles. The Balaban J connectivity index is 2.06. The van der Waals surface area contributed by atoms with Crippen molar-refractivity contribution in [2.24, 2.45) is 0 Å². The second-order valence-corrected chi connectivity index (χ2v) is 6.45. The lowest BCUT2D eigenvalue weighted by molar-refractivity contribution is 0.611. The number of aromatic nitrogens is 5. The first-order valence-corrected chi connectivity index (χ1v) is 8.77. The molecular weight excluding hydrogens is 331 g/mol. The average molecular weight is 352 g/mol. The Labute approximate surface area is 150 Å². The quantitative estimate of drug-likeness (QED) is 0.608. The standard InChI is InChI=1S/C19H21FN6/c1-5-12-16(14-7-8-15-22-11(3)10-26(15)24-14)13-9-21-23-18(13)19(17(12)20)25(4)6-2/h7-10H,5-6H2,1-4H3,(H,21,23). The topological polar surface area (TPSA) is 62.1 Å². The van der Waals surface area contributed by atoms with Gasteiger partial charge in [0.1, 0.15) is 0 Å². The molecule has 134 valence electrons. The Kier molecular flexibility index (Phi) is 3.86. The first-order valence-electron chi connectivity index (χ1n) is 8.77. The number of hydrogen-bond acceptors (Lipinski definition) is 4. The Hall–Kier alpha value is -2.96. The van der Waals surface area contributed by atoms with Crippen LogP contribution < -0.4 is 4.90 Å². The number of benzene rings is 1. The lowest BCUT2D eigenvalue weighted by atomic mass is 9.96. The van der Waals surface area contributed by atoms with Crippen LogP contribution in [0.25, 0.3) is 27.8 Å². The molecule has 3 heterocycles. The normalized spacial score (nSPS) is 11.6.